The third kappa shape index (κ3) is 3.93. The van der Waals surface area contributed by atoms with Gasteiger partial charge in [0.25, 0.3) is 5.91 Å². The molecule has 2 aromatic heterocycles. The molecule has 0 unspecified atom stereocenters. The number of hydrogen-bond donors (Lipinski definition) is 4. The number of anilines is 3. The molecular weight excluding hydrogens is 374 g/mol. The molecule has 2 heterocycles. The van der Waals surface area contributed by atoms with Gasteiger partial charge in [0.15, 0.2) is 0 Å². The fourth-order valence-corrected chi connectivity index (χ4v) is 4.24. The van der Waals surface area contributed by atoms with Crippen LogP contribution < -0.4 is 16.0 Å². The summed E-state index contributed by atoms with van der Waals surface area (Å²) >= 11 is 1.58. The van der Waals surface area contributed by atoms with Crippen molar-refractivity contribution in [1.29, 1.82) is 0 Å². The number of nitrogens with one attached hydrogen (secondary N) is 3. The molecule has 28 heavy (non-hydrogen) atoms. The maximum atomic E-state index is 12.3. The van der Waals surface area contributed by atoms with E-state index in [9.17, 15) is 9.90 Å². The average Bonchev–Trinajstić information content (AvgIpc) is 3.17. The van der Waals surface area contributed by atoms with Gasteiger partial charge in [-0.05, 0) is 31.0 Å². The van der Waals surface area contributed by atoms with Crippen molar-refractivity contribution in [3.05, 3.63) is 41.5 Å². The number of aliphatic hydroxyl groups excluding tert-OH is 1. The van der Waals surface area contributed by atoms with Crippen LogP contribution in [-0.2, 0) is 0 Å². The number of amides is 1. The van der Waals surface area contributed by atoms with Crippen LogP contribution in [0.2, 0.25) is 0 Å². The van der Waals surface area contributed by atoms with Gasteiger partial charge in [0, 0.05) is 25.0 Å². The molecule has 1 fully saturated rings. The summed E-state index contributed by atoms with van der Waals surface area (Å²) in [7, 11) is 1.60. The Bertz CT molecular complexity index is 990. The van der Waals surface area contributed by atoms with Crippen molar-refractivity contribution >= 4 is 44.7 Å². The van der Waals surface area contributed by atoms with E-state index >= 15 is 0 Å². The lowest BCUT2D eigenvalue weighted by Crippen LogP contribution is -2.37. The fourth-order valence-electron chi connectivity index (χ4n) is 3.52. The van der Waals surface area contributed by atoms with Crippen LogP contribution in [0.3, 0.4) is 0 Å². The van der Waals surface area contributed by atoms with Crippen LogP contribution in [0.4, 0.5) is 17.2 Å². The zero-order chi connectivity index (χ0) is 19.5. The van der Waals surface area contributed by atoms with Gasteiger partial charge in [-0.2, -0.15) is 0 Å². The van der Waals surface area contributed by atoms with Gasteiger partial charge in [0.1, 0.15) is 5.82 Å². The Morgan fingerprint density at radius 1 is 1.21 bits per heavy atom. The van der Waals surface area contributed by atoms with Crippen molar-refractivity contribution in [2.75, 3.05) is 17.7 Å². The number of thiazole rings is 1. The Kier molecular flexibility index (Phi) is 5.40. The molecule has 1 aromatic carbocycles. The molecule has 0 bridgehead atoms. The van der Waals surface area contributed by atoms with Crippen LogP contribution in [0.15, 0.2) is 36.0 Å². The second-order valence-electron chi connectivity index (χ2n) is 6.96. The predicted molar refractivity (Wildman–Crippen MR) is 112 cm³/mol. The molecule has 2 atom stereocenters. The van der Waals surface area contributed by atoms with Crippen molar-refractivity contribution in [2.45, 2.75) is 37.8 Å². The standard InChI is InChI=1S/C20H23N5O2S/c1-21-20(27)13-10-22-19(9-16(13)25-14-4-2-3-5-17(14)26)24-12-6-7-15-18(8-12)28-11-23-15/h6-11,14,17,26H,2-5H2,1H3,(H,21,27)(H2,22,24,25)/t14-,17+/m0/s1. The molecule has 3 aromatic rings. The number of pyridine rings is 1. The van der Waals surface area contributed by atoms with Crippen molar-refractivity contribution < 1.29 is 9.90 Å². The Balaban J connectivity index is 1.61. The highest BCUT2D eigenvalue weighted by atomic mass is 32.1. The molecule has 0 spiro atoms. The molecule has 8 heteroatoms. The lowest BCUT2D eigenvalue weighted by atomic mass is 9.92. The van der Waals surface area contributed by atoms with Gasteiger partial charge in [-0.25, -0.2) is 9.97 Å². The molecule has 4 rings (SSSR count). The van der Waals surface area contributed by atoms with Crippen molar-refractivity contribution in [3.63, 3.8) is 0 Å². The number of fused-ring (bicyclic) bond motifs is 1. The summed E-state index contributed by atoms with van der Waals surface area (Å²) in [5.41, 5.74) is 4.82. The highest BCUT2D eigenvalue weighted by Crippen LogP contribution is 2.28. The largest absolute Gasteiger partial charge is 0.391 e. The molecule has 4 N–H and O–H groups in total. The first-order valence-electron chi connectivity index (χ1n) is 9.41. The maximum absolute atomic E-state index is 12.3. The number of carbonyl (C=O) groups excluding carboxylic acids is 1. The van der Waals surface area contributed by atoms with E-state index in [2.05, 4.69) is 25.9 Å². The Labute approximate surface area is 167 Å². The van der Waals surface area contributed by atoms with Crippen LogP contribution in [0, 0.1) is 0 Å². The van der Waals surface area contributed by atoms with Gasteiger partial charge in [-0.15, -0.1) is 11.3 Å². The van der Waals surface area contributed by atoms with E-state index in [0.717, 1.165) is 41.6 Å². The fraction of sp³-hybridized carbons (Fsp3) is 0.350. The van der Waals surface area contributed by atoms with Crippen molar-refractivity contribution in [3.8, 4) is 0 Å². The van der Waals surface area contributed by atoms with E-state index in [0.29, 0.717) is 17.1 Å². The number of rotatable bonds is 5. The molecule has 0 aliphatic heterocycles. The number of benzene rings is 1. The maximum Gasteiger partial charge on any atom is 0.254 e. The zero-order valence-corrected chi connectivity index (χ0v) is 16.4. The van der Waals surface area contributed by atoms with Gasteiger partial charge < -0.3 is 21.1 Å². The zero-order valence-electron chi connectivity index (χ0n) is 15.6. The monoisotopic (exact) mass is 397 g/mol. The SMILES string of the molecule is CNC(=O)c1cnc(Nc2ccc3ncsc3c2)cc1N[C@H]1CCCC[C@H]1O. The van der Waals surface area contributed by atoms with Crippen LogP contribution in [0.1, 0.15) is 36.0 Å². The van der Waals surface area contributed by atoms with Gasteiger partial charge in [-0.3, -0.25) is 4.79 Å². The average molecular weight is 398 g/mol. The molecule has 7 nitrogen and oxygen atoms in total. The molecule has 0 radical (unpaired) electrons. The first-order valence-corrected chi connectivity index (χ1v) is 10.3. The summed E-state index contributed by atoms with van der Waals surface area (Å²) in [6.07, 6.45) is 4.90. The Morgan fingerprint density at radius 2 is 2.07 bits per heavy atom. The van der Waals surface area contributed by atoms with E-state index in [4.69, 9.17) is 0 Å². The van der Waals surface area contributed by atoms with Gasteiger partial charge >= 0.3 is 0 Å². The van der Waals surface area contributed by atoms with Gasteiger partial charge in [0.2, 0.25) is 0 Å². The van der Waals surface area contributed by atoms with E-state index in [-0.39, 0.29) is 11.9 Å². The topological polar surface area (TPSA) is 99.2 Å². The Morgan fingerprint density at radius 3 is 2.89 bits per heavy atom. The lowest BCUT2D eigenvalue weighted by molar-refractivity contribution is 0.0962. The number of hydrogen-bond acceptors (Lipinski definition) is 7. The lowest BCUT2D eigenvalue weighted by Gasteiger charge is -2.30. The van der Waals surface area contributed by atoms with Crippen LogP contribution >= 0.6 is 11.3 Å². The summed E-state index contributed by atoms with van der Waals surface area (Å²) in [6, 6.07) is 7.70. The minimum absolute atomic E-state index is 0.0686. The van der Waals surface area contributed by atoms with E-state index in [1.54, 1.807) is 24.6 Å². The minimum Gasteiger partial charge on any atom is -0.391 e. The summed E-state index contributed by atoms with van der Waals surface area (Å²) in [6.45, 7) is 0. The summed E-state index contributed by atoms with van der Waals surface area (Å²) in [5, 5.41) is 19.6. The highest BCUT2D eigenvalue weighted by Gasteiger charge is 2.24. The first-order chi connectivity index (χ1) is 13.6. The van der Waals surface area contributed by atoms with Crippen molar-refractivity contribution in [1.82, 2.24) is 15.3 Å². The summed E-state index contributed by atoms with van der Waals surface area (Å²) in [5.74, 6) is 0.419. The third-order valence-electron chi connectivity index (χ3n) is 5.05. The summed E-state index contributed by atoms with van der Waals surface area (Å²) < 4.78 is 1.09. The van der Waals surface area contributed by atoms with Gasteiger partial charge in [-0.1, -0.05) is 12.8 Å². The number of nitrogens with zero attached hydrogens (tertiary/aromatic N) is 2. The third-order valence-corrected chi connectivity index (χ3v) is 5.84. The minimum atomic E-state index is -0.412. The molecule has 1 aliphatic rings. The second kappa shape index (κ2) is 8.12. The predicted octanol–water partition coefficient (Wildman–Crippen LogP) is 3.51. The Hall–Kier alpha value is -2.71. The molecule has 146 valence electrons. The molecule has 1 amide bonds. The second-order valence-corrected chi connectivity index (χ2v) is 7.84. The highest BCUT2D eigenvalue weighted by molar-refractivity contribution is 7.16. The van der Waals surface area contributed by atoms with Crippen LogP contribution in [0.5, 0.6) is 0 Å². The molecule has 0 saturated heterocycles. The molecule has 1 aliphatic carbocycles. The first kappa shape index (κ1) is 18.6. The number of aliphatic hydroxyl groups is 1. The molecular formula is C20H23N5O2S. The van der Waals surface area contributed by atoms with E-state index < -0.39 is 6.10 Å². The number of carbonyl (C=O) groups is 1. The normalized spacial score (nSPS) is 19.4. The van der Waals surface area contributed by atoms with Crippen LogP contribution in [0.25, 0.3) is 10.2 Å². The molecule has 1 saturated carbocycles. The summed E-state index contributed by atoms with van der Waals surface area (Å²) in [4.78, 5) is 21.0. The van der Waals surface area contributed by atoms with E-state index in [1.807, 2.05) is 29.8 Å². The van der Waals surface area contributed by atoms with Gasteiger partial charge in [0.05, 0.1) is 39.1 Å². The quantitative estimate of drug-likeness (QED) is 0.526. The van der Waals surface area contributed by atoms with E-state index in [1.165, 1.54) is 0 Å². The number of aromatic nitrogens is 2. The van der Waals surface area contributed by atoms with Crippen LogP contribution in [-0.4, -0.2) is 40.2 Å². The smallest absolute Gasteiger partial charge is 0.254 e. The van der Waals surface area contributed by atoms with Crippen molar-refractivity contribution in [2.24, 2.45) is 0 Å².